The summed E-state index contributed by atoms with van der Waals surface area (Å²) in [4.78, 5) is 26.9. The molecule has 2 aliphatic rings. The summed E-state index contributed by atoms with van der Waals surface area (Å²) < 4.78 is 43.7. The van der Waals surface area contributed by atoms with Crippen molar-refractivity contribution in [2.75, 3.05) is 19.3 Å². The molecule has 3 atom stereocenters. The fourth-order valence-corrected chi connectivity index (χ4v) is 6.01. The highest BCUT2D eigenvalue weighted by molar-refractivity contribution is 7.93. The molecule has 3 unspecified atom stereocenters. The number of halogens is 2. The van der Waals surface area contributed by atoms with Crippen molar-refractivity contribution in [2.24, 2.45) is 10.3 Å². The summed E-state index contributed by atoms with van der Waals surface area (Å²) in [5, 5.41) is -0.318. The highest BCUT2D eigenvalue weighted by Gasteiger charge is 2.43. The smallest absolute Gasteiger partial charge is 0.257 e. The van der Waals surface area contributed by atoms with Crippen LogP contribution in [-0.2, 0) is 19.3 Å². The van der Waals surface area contributed by atoms with Crippen LogP contribution in [0.1, 0.15) is 56.1 Å². The molecule has 2 fully saturated rings. The molecule has 2 amide bonds. The molecule has 0 N–H and O–H groups in total. The van der Waals surface area contributed by atoms with Crippen LogP contribution < -0.4 is 0 Å². The van der Waals surface area contributed by atoms with E-state index in [0.717, 1.165) is 11.1 Å². The Morgan fingerprint density at radius 3 is 2.30 bits per heavy atom. The van der Waals surface area contributed by atoms with Gasteiger partial charge < -0.3 is 4.90 Å². The lowest BCUT2D eigenvalue weighted by atomic mass is 9.97. The predicted octanol–water partition coefficient (Wildman–Crippen LogP) is 4.15. The molecule has 5 nitrogen and oxygen atoms in total. The first-order chi connectivity index (χ1) is 14.0. The van der Waals surface area contributed by atoms with Crippen molar-refractivity contribution < 1.29 is 22.6 Å². The molecule has 1 saturated heterocycles. The van der Waals surface area contributed by atoms with Crippen molar-refractivity contribution in [2.45, 2.75) is 63.0 Å². The minimum absolute atomic E-state index is 0.0288. The Morgan fingerprint density at radius 2 is 1.77 bits per heavy atom. The van der Waals surface area contributed by atoms with Gasteiger partial charge in [-0.15, -0.1) is 0 Å². The quantitative estimate of drug-likeness (QED) is 0.706. The van der Waals surface area contributed by atoms with Crippen LogP contribution in [0.25, 0.3) is 0 Å². The van der Waals surface area contributed by atoms with Crippen LogP contribution in [0.2, 0.25) is 0 Å². The Bertz CT molecular complexity index is 915. The Hall–Kier alpha value is -1.83. The van der Waals surface area contributed by atoms with E-state index in [-0.39, 0.29) is 29.9 Å². The lowest BCUT2D eigenvalue weighted by Crippen LogP contribution is -2.43. The van der Waals surface area contributed by atoms with E-state index in [0.29, 0.717) is 25.9 Å². The summed E-state index contributed by atoms with van der Waals surface area (Å²) in [6.45, 7) is 4.79. The Morgan fingerprint density at radius 1 is 1.17 bits per heavy atom. The molecular formula is C22H30F2N2O3S. The second kappa shape index (κ2) is 8.73. The third-order valence-corrected chi connectivity index (χ3v) is 8.59. The van der Waals surface area contributed by atoms with Gasteiger partial charge >= 0.3 is 0 Å². The van der Waals surface area contributed by atoms with Gasteiger partial charge in [-0.05, 0) is 38.7 Å². The zero-order valence-electron chi connectivity index (χ0n) is 17.8. The molecule has 1 aliphatic carbocycles. The lowest BCUT2D eigenvalue weighted by Gasteiger charge is -2.34. The molecule has 1 aliphatic heterocycles. The minimum Gasteiger partial charge on any atom is -0.342 e. The summed E-state index contributed by atoms with van der Waals surface area (Å²) in [5.41, 5.74) is 2.09. The Kier molecular flexibility index (Phi) is 6.65. The Labute approximate surface area is 177 Å². The number of nitrogens with zero attached hydrogens (tertiary/aromatic N) is 2. The van der Waals surface area contributed by atoms with Gasteiger partial charge in [-0.25, -0.2) is 13.0 Å². The number of piperidine rings is 1. The molecular weight excluding hydrogens is 410 g/mol. The van der Waals surface area contributed by atoms with E-state index in [1.807, 2.05) is 38.1 Å². The van der Waals surface area contributed by atoms with Crippen molar-refractivity contribution in [3.8, 4) is 0 Å². The highest BCUT2D eigenvalue weighted by Crippen LogP contribution is 2.39. The van der Waals surface area contributed by atoms with Crippen LogP contribution in [0.3, 0.4) is 0 Å². The van der Waals surface area contributed by atoms with Crippen LogP contribution in [0.15, 0.2) is 28.6 Å². The number of alkyl halides is 2. The minimum atomic E-state index is -2.84. The van der Waals surface area contributed by atoms with Crippen molar-refractivity contribution in [1.29, 1.82) is 0 Å². The van der Waals surface area contributed by atoms with Crippen molar-refractivity contribution >= 4 is 21.5 Å². The Balaban J connectivity index is 1.60. The molecule has 1 aromatic rings. The molecule has 0 spiro atoms. The second-order valence-electron chi connectivity index (χ2n) is 8.74. The monoisotopic (exact) mass is 440 g/mol. The summed E-state index contributed by atoms with van der Waals surface area (Å²) in [7, 11) is -2.84. The SMILES string of the molecule is Cc1ccc(C(C)C(=O)N2CCC(S(C)(=O)=NC(=O)C3CCC(F)(F)C3)CC2)cc1. The predicted molar refractivity (Wildman–Crippen MR) is 113 cm³/mol. The number of carbonyl (C=O) groups is 2. The fourth-order valence-electron chi connectivity index (χ4n) is 4.27. The van der Waals surface area contributed by atoms with E-state index in [9.17, 15) is 22.6 Å². The molecule has 1 aromatic carbocycles. The molecule has 0 radical (unpaired) electrons. The van der Waals surface area contributed by atoms with Gasteiger partial charge in [0.2, 0.25) is 11.8 Å². The number of rotatable bonds is 4. The normalized spacial score (nSPS) is 24.8. The number of hydrogen-bond donors (Lipinski definition) is 0. The third kappa shape index (κ3) is 5.25. The number of hydrogen-bond acceptors (Lipinski definition) is 3. The van der Waals surface area contributed by atoms with Gasteiger partial charge in [0.15, 0.2) is 0 Å². The van der Waals surface area contributed by atoms with E-state index in [2.05, 4.69) is 4.36 Å². The second-order valence-corrected chi connectivity index (χ2v) is 11.3. The van der Waals surface area contributed by atoms with Gasteiger partial charge in [-0.1, -0.05) is 29.8 Å². The number of carbonyl (C=O) groups excluding carboxylic acids is 2. The average molecular weight is 441 g/mol. The maximum Gasteiger partial charge on any atom is 0.257 e. The van der Waals surface area contributed by atoms with Crippen molar-refractivity contribution in [3.63, 3.8) is 0 Å². The first-order valence-electron chi connectivity index (χ1n) is 10.5. The van der Waals surface area contributed by atoms with E-state index in [1.165, 1.54) is 6.26 Å². The van der Waals surface area contributed by atoms with Gasteiger partial charge in [0.1, 0.15) is 0 Å². The van der Waals surface area contributed by atoms with Crippen LogP contribution in [-0.4, -0.2) is 51.4 Å². The summed E-state index contributed by atoms with van der Waals surface area (Å²) in [5.74, 6) is -4.56. The number of aryl methyl sites for hydroxylation is 1. The van der Waals surface area contributed by atoms with E-state index < -0.39 is 33.9 Å². The standard InChI is InChI=1S/C22H30F2N2O3S/c1-15-4-6-17(7-5-15)16(2)21(28)26-12-9-19(10-13-26)30(3,29)25-20(27)18-8-11-22(23,24)14-18/h4-7,16,18-19H,8-14H2,1-3H3. The van der Waals surface area contributed by atoms with E-state index in [1.54, 1.807) is 4.90 Å². The van der Waals surface area contributed by atoms with Crippen molar-refractivity contribution in [1.82, 2.24) is 4.90 Å². The molecule has 0 bridgehead atoms. The molecule has 1 saturated carbocycles. The highest BCUT2D eigenvalue weighted by atomic mass is 32.2. The van der Waals surface area contributed by atoms with Gasteiger partial charge in [-0.2, -0.15) is 4.36 Å². The van der Waals surface area contributed by atoms with Gasteiger partial charge in [0.25, 0.3) is 5.91 Å². The van der Waals surface area contributed by atoms with Crippen LogP contribution in [0.5, 0.6) is 0 Å². The molecule has 0 aromatic heterocycles. The molecule has 8 heteroatoms. The number of benzene rings is 1. The largest absolute Gasteiger partial charge is 0.342 e. The van der Waals surface area contributed by atoms with Crippen LogP contribution >= 0.6 is 0 Å². The molecule has 30 heavy (non-hydrogen) atoms. The maximum absolute atomic E-state index is 13.4. The average Bonchev–Trinajstić information content (AvgIpc) is 3.07. The van der Waals surface area contributed by atoms with E-state index in [4.69, 9.17) is 0 Å². The van der Waals surface area contributed by atoms with Gasteiger partial charge in [0, 0.05) is 43.4 Å². The summed E-state index contributed by atoms with van der Waals surface area (Å²) >= 11 is 0. The molecule has 1 heterocycles. The first kappa shape index (κ1) is 22.8. The van der Waals surface area contributed by atoms with Crippen LogP contribution in [0, 0.1) is 12.8 Å². The van der Waals surface area contributed by atoms with Crippen molar-refractivity contribution in [3.05, 3.63) is 35.4 Å². The lowest BCUT2D eigenvalue weighted by molar-refractivity contribution is -0.133. The number of amides is 2. The zero-order chi connectivity index (χ0) is 22.1. The van der Waals surface area contributed by atoms with Gasteiger partial charge in [-0.3, -0.25) is 9.59 Å². The molecule has 3 rings (SSSR count). The number of likely N-dealkylation sites (tertiary alicyclic amines) is 1. The fraction of sp³-hybridized carbons (Fsp3) is 0.636. The van der Waals surface area contributed by atoms with Gasteiger partial charge in [0.05, 0.1) is 15.6 Å². The summed E-state index contributed by atoms with van der Waals surface area (Å²) in [6, 6.07) is 7.88. The maximum atomic E-state index is 13.4. The van der Waals surface area contributed by atoms with Crippen LogP contribution in [0.4, 0.5) is 8.78 Å². The molecule has 166 valence electrons. The topological polar surface area (TPSA) is 66.8 Å². The first-order valence-corrected chi connectivity index (χ1v) is 12.5. The summed E-state index contributed by atoms with van der Waals surface area (Å²) in [6.07, 6.45) is 1.68. The van der Waals surface area contributed by atoms with E-state index >= 15 is 0 Å². The zero-order valence-corrected chi connectivity index (χ0v) is 18.6. The third-order valence-electron chi connectivity index (χ3n) is 6.34.